The Morgan fingerprint density at radius 2 is 2.08 bits per heavy atom. The van der Waals surface area contributed by atoms with Crippen LogP contribution in [0.3, 0.4) is 0 Å². The summed E-state index contributed by atoms with van der Waals surface area (Å²) in [5.74, 6) is 1.62. The van der Waals surface area contributed by atoms with Gasteiger partial charge in [0, 0.05) is 12.1 Å². The normalized spacial score (nSPS) is 12.4. The van der Waals surface area contributed by atoms with E-state index in [0.29, 0.717) is 28.7 Å². The number of fused-ring (bicyclic) bond motifs is 2. The number of amides is 1. The molecule has 0 saturated carbocycles. The number of rotatable bonds is 3. The van der Waals surface area contributed by atoms with Crippen molar-refractivity contribution in [3.05, 3.63) is 40.9 Å². The summed E-state index contributed by atoms with van der Waals surface area (Å²) in [6, 6.07) is 8.50. The lowest BCUT2D eigenvalue weighted by Gasteiger charge is -2.05. The van der Waals surface area contributed by atoms with Crippen molar-refractivity contribution in [1.82, 2.24) is 9.97 Å². The van der Waals surface area contributed by atoms with Crippen LogP contribution in [0.25, 0.3) is 11.0 Å². The van der Waals surface area contributed by atoms with Crippen LogP contribution in [-0.4, -0.2) is 29.8 Å². The van der Waals surface area contributed by atoms with Gasteiger partial charge in [0.2, 0.25) is 12.7 Å². The number of methoxy groups -OCH3 is 1. The van der Waals surface area contributed by atoms with E-state index in [9.17, 15) is 4.79 Å². The summed E-state index contributed by atoms with van der Waals surface area (Å²) < 4.78 is 15.7. The zero-order valence-electron chi connectivity index (χ0n) is 12.6. The molecule has 0 spiro atoms. The Hall–Kier alpha value is -2.93. The molecule has 2 heterocycles. The molecule has 0 atom stereocenters. The number of anilines is 1. The molecule has 0 saturated heterocycles. The van der Waals surface area contributed by atoms with Crippen molar-refractivity contribution in [2.45, 2.75) is 0 Å². The Kier molecular flexibility index (Phi) is 3.42. The number of aromatic amines is 1. The molecule has 0 unspecified atom stereocenters. The monoisotopic (exact) mass is 345 g/mol. The second kappa shape index (κ2) is 5.61. The van der Waals surface area contributed by atoms with Gasteiger partial charge in [0.15, 0.2) is 11.5 Å². The van der Waals surface area contributed by atoms with Gasteiger partial charge in [-0.05, 0) is 18.2 Å². The summed E-state index contributed by atoms with van der Waals surface area (Å²) >= 11 is 6.14. The van der Waals surface area contributed by atoms with Gasteiger partial charge in [-0.1, -0.05) is 11.6 Å². The fourth-order valence-electron chi connectivity index (χ4n) is 2.44. The van der Waals surface area contributed by atoms with Gasteiger partial charge in [-0.3, -0.25) is 10.1 Å². The first-order valence-corrected chi connectivity index (χ1v) is 7.46. The van der Waals surface area contributed by atoms with Gasteiger partial charge in [-0.2, -0.15) is 0 Å². The standard InChI is InChI=1S/C16H12ClN3O4/c1-22-8-2-3-11-12(4-8)19-16(18-11)20-15(21)9-5-13-14(6-10(9)17)24-7-23-13/h2-6H,7H2,1H3,(H2,18,19,20,21). The molecule has 8 heteroatoms. The second-order valence-corrected chi connectivity index (χ2v) is 5.52. The van der Waals surface area contributed by atoms with E-state index < -0.39 is 5.91 Å². The molecule has 1 aliphatic rings. The maximum Gasteiger partial charge on any atom is 0.259 e. The molecule has 3 aromatic rings. The predicted octanol–water partition coefficient (Wildman–Crippen LogP) is 3.21. The topological polar surface area (TPSA) is 85.5 Å². The molecule has 24 heavy (non-hydrogen) atoms. The molecule has 0 aliphatic carbocycles. The van der Waals surface area contributed by atoms with E-state index in [1.54, 1.807) is 37.4 Å². The Labute approximate surface area is 141 Å². The summed E-state index contributed by atoms with van der Waals surface area (Å²) in [6.07, 6.45) is 0. The largest absolute Gasteiger partial charge is 0.497 e. The van der Waals surface area contributed by atoms with E-state index >= 15 is 0 Å². The van der Waals surface area contributed by atoms with E-state index in [0.717, 1.165) is 5.52 Å². The highest BCUT2D eigenvalue weighted by atomic mass is 35.5. The van der Waals surface area contributed by atoms with Crippen molar-refractivity contribution in [2.24, 2.45) is 0 Å². The number of halogens is 1. The first-order chi connectivity index (χ1) is 11.6. The maximum atomic E-state index is 12.5. The highest BCUT2D eigenvalue weighted by Crippen LogP contribution is 2.37. The fourth-order valence-corrected chi connectivity index (χ4v) is 2.68. The molecular weight excluding hydrogens is 334 g/mol. The number of aromatic nitrogens is 2. The molecule has 1 aliphatic heterocycles. The van der Waals surface area contributed by atoms with E-state index in [4.69, 9.17) is 25.8 Å². The number of carbonyl (C=O) groups is 1. The van der Waals surface area contributed by atoms with Crippen LogP contribution in [0.2, 0.25) is 5.02 Å². The SMILES string of the molecule is COc1ccc2nc(NC(=O)c3cc4c(cc3Cl)OCO4)[nH]c2c1. The smallest absolute Gasteiger partial charge is 0.259 e. The number of hydrogen-bond acceptors (Lipinski definition) is 5. The average Bonchev–Trinajstić information content (AvgIpc) is 3.18. The molecular formula is C16H12ClN3O4. The molecule has 7 nitrogen and oxygen atoms in total. The summed E-state index contributed by atoms with van der Waals surface area (Å²) in [7, 11) is 1.59. The Morgan fingerprint density at radius 3 is 2.88 bits per heavy atom. The molecule has 0 fully saturated rings. The Morgan fingerprint density at radius 1 is 1.29 bits per heavy atom. The van der Waals surface area contributed by atoms with Crippen LogP contribution in [0.1, 0.15) is 10.4 Å². The third-order valence-electron chi connectivity index (χ3n) is 3.63. The van der Waals surface area contributed by atoms with Crippen LogP contribution in [0.5, 0.6) is 17.2 Å². The number of imidazole rings is 1. The maximum absolute atomic E-state index is 12.5. The van der Waals surface area contributed by atoms with E-state index in [1.165, 1.54) is 0 Å². The number of H-pyrrole nitrogens is 1. The van der Waals surface area contributed by atoms with Crippen molar-refractivity contribution in [2.75, 3.05) is 19.2 Å². The van der Waals surface area contributed by atoms with Gasteiger partial charge in [-0.25, -0.2) is 4.98 Å². The molecule has 4 rings (SSSR count). The third-order valence-corrected chi connectivity index (χ3v) is 3.94. The van der Waals surface area contributed by atoms with Crippen LogP contribution >= 0.6 is 11.6 Å². The summed E-state index contributed by atoms with van der Waals surface area (Å²) in [6.45, 7) is 0.113. The van der Waals surface area contributed by atoms with Crippen molar-refractivity contribution in [1.29, 1.82) is 0 Å². The van der Waals surface area contributed by atoms with Crippen molar-refractivity contribution >= 4 is 34.5 Å². The summed E-state index contributed by atoms with van der Waals surface area (Å²) in [5, 5.41) is 2.96. The highest BCUT2D eigenvalue weighted by molar-refractivity contribution is 6.34. The molecule has 1 amide bonds. The average molecular weight is 346 g/mol. The van der Waals surface area contributed by atoms with Crippen LogP contribution in [0, 0.1) is 0 Å². The molecule has 0 radical (unpaired) electrons. The lowest BCUT2D eigenvalue weighted by atomic mass is 10.2. The first kappa shape index (κ1) is 14.6. The second-order valence-electron chi connectivity index (χ2n) is 5.11. The summed E-state index contributed by atoms with van der Waals surface area (Å²) in [4.78, 5) is 19.8. The highest BCUT2D eigenvalue weighted by Gasteiger charge is 2.20. The lowest BCUT2D eigenvalue weighted by molar-refractivity contribution is 0.102. The third kappa shape index (κ3) is 2.48. The van der Waals surface area contributed by atoms with Gasteiger partial charge in [0.05, 0.1) is 28.7 Å². The van der Waals surface area contributed by atoms with Gasteiger partial charge >= 0.3 is 0 Å². The van der Waals surface area contributed by atoms with E-state index in [-0.39, 0.29) is 17.4 Å². The molecule has 0 bridgehead atoms. The number of carbonyl (C=O) groups excluding carboxylic acids is 1. The van der Waals surface area contributed by atoms with Crippen LogP contribution in [0.15, 0.2) is 30.3 Å². The number of hydrogen-bond donors (Lipinski definition) is 2. The summed E-state index contributed by atoms with van der Waals surface area (Å²) in [5.41, 5.74) is 1.74. The van der Waals surface area contributed by atoms with Gasteiger partial charge in [0.25, 0.3) is 5.91 Å². The van der Waals surface area contributed by atoms with Crippen LogP contribution in [-0.2, 0) is 0 Å². The minimum Gasteiger partial charge on any atom is -0.497 e. The quantitative estimate of drug-likeness (QED) is 0.761. The minimum absolute atomic E-state index is 0.113. The molecule has 1 aromatic heterocycles. The number of nitrogens with one attached hydrogen (secondary N) is 2. The van der Waals surface area contributed by atoms with Crippen molar-refractivity contribution in [3.63, 3.8) is 0 Å². The van der Waals surface area contributed by atoms with Crippen LogP contribution < -0.4 is 19.5 Å². The predicted molar refractivity (Wildman–Crippen MR) is 88.2 cm³/mol. The lowest BCUT2D eigenvalue weighted by Crippen LogP contribution is -2.13. The molecule has 2 aromatic carbocycles. The molecule has 2 N–H and O–H groups in total. The number of nitrogens with zero attached hydrogens (tertiary/aromatic N) is 1. The zero-order chi connectivity index (χ0) is 16.7. The minimum atomic E-state index is -0.399. The number of benzene rings is 2. The molecule has 122 valence electrons. The number of ether oxygens (including phenoxy) is 3. The van der Waals surface area contributed by atoms with Gasteiger partial charge < -0.3 is 19.2 Å². The zero-order valence-corrected chi connectivity index (χ0v) is 13.3. The Bertz CT molecular complexity index is 954. The first-order valence-electron chi connectivity index (χ1n) is 7.08. The van der Waals surface area contributed by atoms with E-state index in [2.05, 4.69) is 15.3 Å². The van der Waals surface area contributed by atoms with Gasteiger partial charge in [-0.15, -0.1) is 0 Å². The van der Waals surface area contributed by atoms with Crippen LogP contribution in [0.4, 0.5) is 5.95 Å². The Balaban J connectivity index is 1.62. The van der Waals surface area contributed by atoms with Crippen molar-refractivity contribution in [3.8, 4) is 17.2 Å². The van der Waals surface area contributed by atoms with E-state index in [1.807, 2.05) is 0 Å². The van der Waals surface area contributed by atoms with Crippen molar-refractivity contribution < 1.29 is 19.0 Å². The van der Waals surface area contributed by atoms with Gasteiger partial charge in [0.1, 0.15) is 5.75 Å². The fraction of sp³-hybridized carbons (Fsp3) is 0.125.